The number of halogens is 1. The van der Waals surface area contributed by atoms with Crippen molar-refractivity contribution < 1.29 is 4.79 Å². The van der Waals surface area contributed by atoms with Crippen molar-refractivity contribution in [2.75, 3.05) is 6.54 Å². The fourth-order valence-corrected chi connectivity index (χ4v) is 2.73. The van der Waals surface area contributed by atoms with Crippen molar-refractivity contribution in [2.45, 2.75) is 13.0 Å². The van der Waals surface area contributed by atoms with Crippen molar-refractivity contribution in [3.63, 3.8) is 0 Å². The molecule has 100 valence electrons. The maximum atomic E-state index is 11.9. The van der Waals surface area contributed by atoms with Gasteiger partial charge < -0.3 is 11.1 Å². The summed E-state index contributed by atoms with van der Waals surface area (Å²) in [7, 11) is 0. The number of carbonyl (C=O) groups is 1. The van der Waals surface area contributed by atoms with Crippen molar-refractivity contribution in [2.24, 2.45) is 5.73 Å². The minimum atomic E-state index is -0.0798. The minimum Gasteiger partial charge on any atom is -0.347 e. The van der Waals surface area contributed by atoms with Crippen LogP contribution in [0.5, 0.6) is 0 Å². The zero-order valence-corrected chi connectivity index (χ0v) is 11.9. The van der Waals surface area contributed by atoms with Gasteiger partial charge in [0.15, 0.2) is 0 Å². The number of carbonyl (C=O) groups excluding carboxylic acids is 1. The van der Waals surface area contributed by atoms with Crippen LogP contribution >= 0.6 is 22.9 Å². The van der Waals surface area contributed by atoms with Gasteiger partial charge in [0.25, 0.3) is 5.91 Å². The second kappa shape index (κ2) is 6.70. The number of nitrogens with one attached hydrogen (secondary N) is 1. The molecule has 0 aliphatic heterocycles. The van der Waals surface area contributed by atoms with E-state index in [2.05, 4.69) is 5.32 Å². The highest BCUT2D eigenvalue weighted by Crippen LogP contribution is 2.21. The first-order chi connectivity index (χ1) is 9.19. The lowest BCUT2D eigenvalue weighted by Gasteiger charge is -2.05. The molecule has 2 aromatic rings. The van der Waals surface area contributed by atoms with E-state index in [1.165, 1.54) is 11.3 Å². The molecule has 0 atom stereocenters. The van der Waals surface area contributed by atoms with Gasteiger partial charge in [0.1, 0.15) is 0 Å². The van der Waals surface area contributed by atoms with Crippen LogP contribution in [-0.2, 0) is 13.0 Å². The minimum absolute atomic E-state index is 0.0798. The maximum absolute atomic E-state index is 11.9. The molecule has 0 spiro atoms. The Morgan fingerprint density at radius 1 is 1.21 bits per heavy atom. The van der Waals surface area contributed by atoms with Gasteiger partial charge in [-0.3, -0.25) is 4.79 Å². The van der Waals surface area contributed by atoms with Crippen molar-refractivity contribution in [1.29, 1.82) is 0 Å². The molecule has 1 amide bonds. The summed E-state index contributed by atoms with van der Waals surface area (Å²) < 4.78 is 0.732. The number of rotatable bonds is 5. The highest BCUT2D eigenvalue weighted by molar-refractivity contribution is 7.16. The van der Waals surface area contributed by atoms with E-state index < -0.39 is 0 Å². The Labute approximate surface area is 121 Å². The lowest BCUT2D eigenvalue weighted by Crippen LogP contribution is -2.22. The van der Waals surface area contributed by atoms with Gasteiger partial charge in [0, 0.05) is 10.4 Å². The predicted molar refractivity (Wildman–Crippen MR) is 79.7 cm³/mol. The molecule has 3 N–H and O–H groups in total. The SMILES string of the molecule is NCCc1ccc(C(=O)NCc2ccc(Cl)s2)cc1. The zero-order valence-electron chi connectivity index (χ0n) is 10.4. The van der Waals surface area contributed by atoms with E-state index in [1.807, 2.05) is 36.4 Å². The van der Waals surface area contributed by atoms with Crippen LogP contribution in [0.1, 0.15) is 20.8 Å². The standard InChI is InChI=1S/C14H15ClN2OS/c15-13-6-5-12(19-13)9-17-14(18)11-3-1-10(2-4-11)7-8-16/h1-6H,7-9,16H2,(H,17,18). The van der Waals surface area contributed by atoms with Crippen LogP contribution in [-0.4, -0.2) is 12.5 Å². The molecule has 19 heavy (non-hydrogen) atoms. The molecule has 0 saturated heterocycles. The van der Waals surface area contributed by atoms with Gasteiger partial charge >= 0.3 is 0 Å². The van der Waals surface area contributed by atoms with Crippen LogP contribution < -0.4 is 11.1 Å². The van der Waals surface area contributed by atoms with Crippen LogP contribution in [0.4, 0.5) is 0 Å². The Morgan fingerprint density at radius 2 is 1.95 bits per heavy atom. The third-order valence-corrected chi connectivity index (χ3v) is 3.93. The van der Waals surface area contributed by atoms with Gasteiger partial charge in [0.2, 0.25) is 0 Å². The topological polar surface area (TPSA) is 55.1 Å². The van der Waals surface area contributed by atoms with E-state index in [4.69, 9.17) is 17.3 Å². The molecule has 5 heteroatoms. The average molecular weight is 295 g/mol. The summed E-state index contributed by atoms with van der Waals surface area (Å²) >= 11 is 7.31. The number of hydrogen-bond donors (Lipinski definition) is 2. The average Bonchev–Trinajstić information content (AvgIpc) is 2.83. The molecule has 0 radical (unpaired) electrons. The van der Waals surface area contributed by atoms with Crippen LogP contribution in [0.15, 0.2) is 36.4 Å². The van der Waals surface area contributed by atoms with Gasteiger partial charge in [-0.2, -0.15) is 0 Å². The first-order valence-corrected chi connectivity index (χ1v) is 7.20. The lowest BCUT2D eigenvalue weighted by atomic mass is 10.1. The maximum Gasteiger partial charge on any atom is 0.251 e. The highest BCUT2D eigenvalue weighted by Gasteiger charge is 2.06. The van der Waals surface area contributed by atoms with Gasteiger partial charge in [-0.15, -0.1) is 11.3 Å². The second-order valence-corrected chi connectivity index (χ2v) is 5.92. The lowest BCUT2D eigenvalue weighted by molar-refractivity contribution is 0.0951. The van der Waals surface area contributed by atoms with Crippen molar-refractivity contribution >= 4 is 28.8 Å². The molecule has 3 nitrogen and oxygen atoms in total. The van der Waals surface area contributed by atoms with Crippen LogP contribution in [0, 0.1) is 0 Å². The first kappa shape index (κ1) is 14.1. The molecular weight excluding hydrogens is 280 g/mol. The van der Waals surface area contributed by atoms with Gasteiger partial charge in [-0.05, 0) is 42.8 Å². The molecule has 0 bridgehead atoms. The van der Waals surface area contributed by atoms with E-state index in [9.17, 15) is 4.79 Å². The smallest absolute Gasteiger partial charge is 0.251 e. The summed E-state index contributed by atoms with van der Waals surface area (Å²) in [5, 5.41) is 2.87. The molecule has 1 aromatic carbocycles. The number of benzene rings is 1. The number of hydrogen-bond acceptors (Lipinski definition) is 3. The summed E-state index contributed by atoms with van der Waals surface area (Å²) in [5.41, 5.74) is 7.28. The Balaban J connectivity index is 1.92. The van der Waals surface area contributed by atoms with Gasteiger partial charge in [-0.25, -0.2) is 0 Å². The molecule has 0 fully saturated rings. The molecule has 1 aromatic heterocycles. The van der Waals surface area contributed by atoms with Crippen LogP contribution in [0.3, 0.4) is 0 Å². The number of thiophene rings is 1. The Hall–Kier alpha value is -1.36. The fraction of sp³-hybridized carbons (Fsp3) is 0.214. The third-order valence-electron chi connectivity index (χ3n) is 2.70. The first-order valence-electron chi connectivity index (χ1n) is 6.00. The largest absolute Gasteiger partial charge is 0.347 e. The van der Waals surface area contributed by atoms with E-state index in [1.54, 1.807) is 0 Å². The van der Waals surface area contributed by atoms with E-state index in [-0.39, 0.29) is 5.91 Å². The quantitative estimate of drug-likeness (QED) is 0.891. The Morgan fingerprint density at radius 3 is 2.53 bits per heavy atom. The highest BCUT2D eigenvalue weighted by atomic mass is 35.5. The molecule has 1 heterocycles. The van der Waals surface area contributed by atoms with Crippen molar-refractivity contribution in [1.82, 2.24) is 5.32 Å². The molecule has 0 saturated carbocycles. The predicted octanol–water partition coefficient (Wildman–Crippen LogP) is 2.83. The van der Waals surface area contributed by atoms with Gasteiger partial charge in [-0.1, -0.05) is 23.7 Å². The summed E-state index contributed by atoms with van der Waals surface area (Å²) in [6, 6.07) is 11.3. The van der Waals surface area contributed by atoms with Crippen molar-refractivity contribution in [3.05, 3.63) is 56.7 Å². The summed E-state index contributed by atoms with van der Waals surface area (Å²) in [4.78, 5) is 13.0. The molecule has 0 aliphatic rings. The van der Waals surface area contributed by atoms with Crippen LogP contribution in [0.2, 0.25) is 4.34 Å². The molecule has 0 aliphatic carbocycles. The van der Waals surface area contributed by atoms with E-state index >= 15 is 0 Å². The molecule has 2 rings (SSSR count). The Bertz CT molecular complexity index is 551. The van der Waals surface area contributed by atoms with Crippen molar-refractivity contribution in [3.8, 4) is 0 Å². The number of amides is 1. The van der Waals surface area contributed by atoms with E-state index in [0.717, 1.165) is 21.2 Å². The monoisotopic (exact) mass is 294 g/mol. The summed E-state index contributed by atoms with van der Waals surface area (Å²) in [5.74, 6) is -0.0798. The number of nitrogens with two attached hydrogens (primary N) is 1. The summed E-state index contributed by atoms with van der Waals surface area (Å²) in [6.07, 6.45) is 0.829. The van der Waals surface area contributed by atoms with E-state index in [0.29, 0.717) is 18.7 Å². The Kier molecular flexibility index (Phi) is 4.96. The fourth-order valence-electron chi connectivity index (χ4n) is 1.71. The molecular formula is C14H15ClN2OS. The van der Waals surface area contributed by atoms with Crippen LogP contribution in [0.25, 0.3) is 0 Å². The molecule has 0 unspecified atom stereocenters. The summed E-state index contributed by atoms with van der Waals surface area (Å²) in [6.45, 7) is 1.12. The second-order valence-electron chi connectivity index (χ2n) is 4.12. The zero-order chi connectivity index (χ0) is 13.7. The third kappa shape index (κ3) is 4.06. The van der Waals surface area contributed by atoms with Gasteiger partial charge in [0.05, 0.1) is 10.9 Å². The normalized spacial score (nSPS) is 10.4.